The van der Waals surface area contributed by atoms with Crippen LogP contribution in [0.5, 0.6) is 0 Å². The molecule has 1 aromatic rings. The molecule has 3 heteroatoms. The zero-order chi connectivity index (χ0) is 11.4. The molecule has 0 heterocycles. The first-order valence-electron chi connectivity index (χ1n) is 4.92. The molecule has 0 bridgehead atoms. The van der Waals surface area contributed by atoms with Gasteiger partial charge >= 0.3 is 0 Å². The molecule has 0 spiro atoms. The molecule has 0 saturated heterocycles. The molecule has 1 unspecified atom stereocenters. The fourth-order valence-electron chi connectivity index (χ4n) is 1.56. The van der Waals surface area contributed by atoms with Crippen LogP contribution in [0.25, 0.3) is 0 Å². The first kappa shape index (κ1) is 12.2. The van der Waals surface area contributed by atoms with Crippen LogP contribution < -0.4 is 0 Å². The van der Waals surface area contributed by atoms with Crippen molar-refractivity contribution in [1.29, 1.82) is 0 Å². The van der Waals surface area contributed by atoms with E-state index in [-0.39, 0.29) is 11.8 Å². The molecule has 2 nitrogen and oxygen atoms in total. The van der Waals surface area contributed by atoms with E-state index >= 15 is 0 Å². The van der Waals surface area contributed by atoms with Gasteiger partial charge in [-0.1, -0.05) is 23.7 Å². The number of halogens is 1. The van der Waals surface area contributed by atoms with Gasteiger partial charge in [0.1, 0.15) is 5.78 Å². The summed E-state index contributed by atoms with van der Waals surface area (Å²) in [6.45, 7) is 1.62. The summed E-state index contributed by atoms with van der Waals surface area (Å²) in [4.78, 5) is 13.2. The zero-order valence-corrected chi connectivity index (χ0v) is 10.1. The predicted octanol–water partition coefficient (Wildman–Crippen LogP) is 2.92. The number of benzene rings is 1. The molecule has 0 aliphatic heterocycles. The Morgan fingerprint density at radius 3 is 2.27 bits per heavy atom. The molecule has 15 heavy (non-hydrogen) atoms. The van der Waals surface area contributed by atoms with Crippen molar-refractivity contribution in [3.05, 3.63) is 34.9 Å². The molecule has 1 aromatic carbocycles. The topological polar surface area (TPSA) is 20.3 Å². The molecule has 82 valence electrons. The van der Waals surface area contributed by atoms with Crippen LogP contribution in [0.1, 0.15) is 24.9 Å². The Hall–Kier alpha value is -0.860. The summed E-state index contributed by atoms with van der Waals surface area (Å²) in [6.07, 6.45) is 0.536. The standard InChI is InChI=1S/C12H16ClNO/c1-9(15)8-12(14(2)3)10-4-6-11(13)7-5-10/h4-7,12H,8H2,1-3H3. The third-order valence-corrected chi connectivity index (χ3v) is 2.61. The highest BCUT2D eigenvalue weighted by Crippen LogP contribution is 2.23. The number of Topliss-reactive ketones (excluding diaryl/α,β-unsaturated/α-hetero) is 1. The monoisotopic (exact) mass is 225 g/mol. The molecule has 0 fully saturated rings. The van der Waals surface area contributed by atoms with Gasteiger partial charge in [-0.05, 0) is 38.7 Å². The van der Waals surface area contributed by atoms with Gasteiger partial charge in [0.25, 0.3) is 0 Å². The summed E-state index contributed by atoms with van der Waals surface area (Å²) in [5.74, 6) is 0.198. The van der Waals surface area contributed by atoms with Gasteiger partial charge in [0.05, 0.1) is 0 Å². The molecule has 0 amide bonds. The van der Waals surface area contributed by atoms with Crippen molar-refractivity contribution in [2.45, 2.75) is 19.4 Å². The van der Waals surface area contributed by atoms with Crippen LogP contribution in [-0.4, -0.2) is 24.8 Å². The van der Waals surface area contributed by atoms with E-state index in [0.717, 1.165) is 10.6 Å². The molecule has 0 aliphatic carbocycles. The Labute approximate surface area is 95.8 Å². The predicted molar refractivity (Wildman–Crippen MR) is 63.2 cm³/mol. The second-order valence-electron chi connectivity index (χ2n) is 3.94. The van der Waals surface area contributed by atoms with Crippen molar-refractivity contribution in [3.8, 4) is 0 Å². The molecule has 1 atom stereocenters. The Bertz CT molecular complexity index is 332. The molecule has 1 rings (SSSR count). The number of carbonyl (C=O) groups is 1. The van der Waals surface area contributed by atoms with Gasteiger partial charge in [-0.25, -0.2) is 0 Å². The van der Waals surface area contributed by atoms with Crippen molar-refractivity contribution < 1.29 is 4.79 Å². The van der Waals surface area contributed by atoms with Gasteiger partial charge in [-0.15, -0.1) is 0 Å². The molecule has 0 aliphatic rings. The van der Waals surface area contributed by atoms with Crippen LogP contribution in [-0.2, 0) is 4.79 Å². The molecule has 0 radical (unpaired) electrons. The van der Waals surface area contributed by atoms with Crippen molar-refractivity contribution >= 4 is 17.4 Å². The Morgan fingerprint density at radius 1 is 1.33 bits per heavy atom. The van der Waals surface area contributed by atoms with Gasteiger partial charge < -0.3 is 4.90 Å². The largest absolute Gasteiger partial charge is 0.302 e. The molecule has 0 aromatic heterocycles. The van der Waals surface area contributed by atoms with Crippen LogP contribution in [0.4, 0.5) is 0 Å². The van der Waals surface area contributed by atoms with Crippen molar-refractivity contribution in [2.24, 2.45) is 0 Å². The zero-order valence-electron chi connectivity index (χ0n) is 9.33. The highest BCUT2D eigenvalue weighted by Gasteiger charge is 2.15. The lowest BCUT2D eigenvalue weighted by atomic mass is 10.0. The van der Waals surface area contributed by atoms with Gasteiger partial charge in [0.15, 0.2) is 0 Å². The number of hydrogen-bond donors (Lipinski definition) is 0. The third-order valence-electron chi connectivity index (χ3n) is 2.36. The minimum atomic E-state index is 0.139. The van der Waals surface area contributed by atoms with Crippen molar-refractivity contribution in [3.63, 3.8) is 0 Å². The minimum absolute atomic E-state index is 0.139. The van der Waals surface area contributed by atoms with E-state index in [0.29, 0.717) is 6.42 Å². The summed E-state index contributed by atoms with van der Waals surface area (Å²) in [6, 6.07) is 7.78. The maximum absolute atomic E-state index is 11.1. The summed E-state index contributed by atoms with van der Waals surface area (Å²) < 4.78 is 0. The van der Waals surface area contributed by atoms with E-state index in [9.17, 15) is 4.79 Å². The van der Waals surface area contributed by atoms with Gasteiger partial charge in [0.2, 0.25) is 0 Å². The minimum Gasteiger partial charge on any atom is -0.302 e. The van der Waals surface area contributed by atoms with E-state index in [1.807, 2.05) is 43.3 Å². The highest BCUT2D eigenvalue weighted by atomic mass is 35.5. The van der Waals surface area contributed by atoms with Gasteiger partial charge in [-0.2, -0.15) is 0 Å². The van der Waals surface area contributed by atoms with Crippen LogP contribution in [0, 0.1) is 0 Å². The smallest absolute Gasteiger partial charge is 0.131 e. The number of hydrogen-bond acceptors (Lipinski definition) is 2. The second-order valence-corrected chi connectivity index (χ2v) is 4.37. The SMILES string of the molecule is CC(=O)CC(c1ccc(Cl)cc1)N(C)C. The van der Waals surface area contributed by atoms with Gasteiger partial charge in [-0.3, -0.25) is 4.79 Å². The maximum Gasteiger partial charge on any atom is 0.131 e. The van der Waals surface area contributed by atoms with E-state index in [2.05, 4.69) is 0 Å². The summed E-state index contributed by atoms with van der Waals surface area (Å²) in [5.41, 5.74) is 1.12. The summed E-state index contributed by atoms with van der Waals surface area (Å²) in [7, 11) is 3.95. The molecule has 0 saturated carbocycles. The number of ketones is 1. The Morgan fingerprint density at radius 2 is 1.87 bits per heavy atom. The molecular formula is C12H16ClNO. The molecule has 0 N–H and O–H groups in total. The van der Waals surface area contributed by atoms with Crippen LogP contribution in [0.15, 0.2) is 24.3 Å². The van der Waals surface area contributed by atoms with E-state index in [1.165, 1.54) is 0 Å². The lowest BCUT2D eigenvalue weighted by Crippen LogP contribution is -2.22. The third kappa shape index (κ3) is 3.65. The van der Waals surface area contributed by atoms with Crippen LogP contribution >= 0.6 is 11.6 Å². The Kier molecular flexibility index (Phi) is 4.30. The number of nitrogens with zero attached hydrogens (tertiary/aromatic N) is 1. The first-order chi connectivity index (χ1) is 7.00. The van der Waals surface area contributed by atoms with Crippen LogP contribution in [0.3, 0.4) is 0 Å². The fourth-order valence-corrected chi connectivity index (χ4v) is 1.68. The molecular weight excluding hydrogens is 210 g/mol. The first-order valence-corrected chi connectivity index (χ1v) is 5.30. The van der Waals surface area contributed by atoms with Gasteiger partial charge in [0, 0.05) is 17.5 Å². The quantitative estimate of drug-likeness (QED) is 0.786. The van der Waals surface area contributed by atoms with Crippen molar-refractivity contribution in [2.75, 3.05) is 14.1 Å². The summed E-state index contributed by atoms with van der Waals surface area (Å²) >= 11 is 5.82. The normalized spacial score (nSPS) is 12.9. The highest BCUT2D eigenvalue weighted by molar-refractivity contribution is 6.30. The van der Waals surface area contributed by atoms with E-state index < -0.39 is 0 Å². The van der Waals surface area contributed by atoms with Crippen molar-refractivity contribution in [1.82, 2.24) is 4.90 Å². The Balaban J connectivity index is 2.88. The average Bonchev–Trinajstić information content (AvgIpc) is 2.15. The second kappa shape index (κ2) is 5.29. The van der Waals surface area contributed by atoms with E-state index in [1.54, 1.807) is 6.92 Å². The average molecular weight is 226 g/mol. The number of rotatable bonds is 4. The lowest BCUT2D eigenvalue weighted by Gasteiger charge is -2.23. The van der Waals surface area contributed by atoms with Crippen LogP contribution in [0.2, 0.25) is 5.02 Å². The van der Waals surface area contributed by atoms with E-state index in [4.69, 9.17) is 11.6 Å². The lowest BCUT2D eigenvalue weighted by molar-refractivity contribution is -0.118. The summed E-state index contributed by atoms with van der Waals surface area (Å²) in [5, 5.41) is 0.721. The number of carbonyl (C=O) groups excluding carboxylic acids is 1. The fraction of sp³-hybridized carbons (Fsp3) is 0.417. The maximum atomic E-state index is 11.1.